The van der Waals surface area contributed by atoms with Gasteiger partial charge in [-0.1, -0.05) is 12.1 Å². The molecule has 0 saturated heterocycles. The molecule has 0 amide bonds. The van der Waals surface area contributed by atoms with Crippen molar-refractivity contribution in [3.8, 4) is 5.75 Å². The lowest BCUT2D eigenvalue weighted by Gasteiger charge is -2.07. The molecule has 0 aliphatic rings. The highest BCUT2D eigenvalue weighted by Gasteiger charge is 2.02. The van der Waals surface area contributed by atoms with Crippen molar-refractivity contribution in [2.24, 2.45) is 0 Å². The topological polar surface area (TPSA) is 58.3 Å². The maximum atomic E-state index is 9.37. The third-order valence-electron chi connectivity index (χ3n) is 2.91. The minimum atomic E-state index is 0.129. The summed E-state index contributed by atoms with van der Waals surface area (Å²) < 4.78 is 2.07. The first-order chi connectivity index (χ1) is 8.79. The maximum Gasteiger partial charge on any atom is 0.115 e. The molecule has 2 rings (SSSR count). The van der Waals surface area contributed by atoms with Gasteiger partial charge in [-0.15, -0.1) is 0 Å². The van der Waals surface area contributed by atoms with E-state index in [0.717, 1.165) is 30.8 Å². The molecule has 0 fully saturated rings. The van der Waals surface area contributed by atoms with E-state index in [4.69, 9.17) is 5.11 Å². The summed E-state index contributed by atoms with van der Waals surface area (Å²) in [7, 11) is 0. The third kappa shape index (κ3) is 3.34. The van der Waals surface area contributed by atoms with Crippen LogP contribution in [0.1, 0.15) is 17.8 Å². The van der Waals surface area contributed by atoms with Crippen molar-refractivity contribution in [1.29, 1.82) is 0 Å². The van der Waals surface area contributed by atoms with E-state index in [-0.39, 0.29) is 6.61 Å². The van der Waals surface area contributed by atoms with Crippen molar-refractivity contribution in [3.05, 3.63) is 48.0 Å². The summed E-state index contributed by atoms with van der Waals surface area (Å²) in [5.41, 5.74) is 1.14. The van der Waals surface area contributed by atoms with Crippen molar-refractivity contribution >= 4 is 0 Å². The maximum absolute atomic E-state index is 9.37. The molecular weight excluding hydrogens is 228 g/mol. The Morgan fingerprint density at radius 3 is 2.89 bits per heavy atom. The Labute approximate surface area is 107 Å². The summed E-state index contributed by atoms with van der Waals surface area (Å²) in [4.78, 5) is 4.21. The lowest BCUT2D eigenvalue weighted by Crippen LogP contribution is -2.06. The standard InChI is InChI=1S/C14H18N2O2/c17-10-6-14-15-7-9-16(14)8-2-4-12-3-1-5-13(18)11-12/h1,3,5,7,9,11,17-18H,2,4,6,8,10H2. The van der Waals surface area contributed by atoms with Gasteiger partial charge in [-0.2, -0.15) is 0 Å². The Bertz CT molecular complexity index is 494. The van der Waals surface area contributed by atoms with Crippen LogP contribution in [-0.2, 0) is 19.4 Å². The molecule has 18 heavy (non-hydrogen) atoms. The summed E-state index contributed by atoms with van der Waals surface area (Å²) >= 11 is 0. The molecule has 0 spiro atoms. The van der Waals surface area contributed by atoms with Crippen LogP contribution in [0.5, 0.6) is 5.75 Å². The average Bonchev–Trinajstić information content (AvgIpc) is 2.78. The van der Waals surface area contributed by atoms with E-state index in [1.165, 1.54) is 0 Å². The minimum Gasteiger partial charge on any atom is -0.508 e. The van der Waals surface area contributed by atoms with Gasteiger partial charge in [-0.3, -0.25) is 0 Å². The normalized spacial score (nSPS) is 10.7. The number of aromatic hydroxyl groups is 1. The van der Waals surface area contributed by atoms with Crippen LogP contribution in [0.25, 0.3) is 0 Å². The number of imidazole rings is 1. The zero-order valence-corrected chi connectivity index (χ0v) is 10.3. The molecule has 4 nitrogen and oxygen atoms in total. The molecule has 0 aliphatic heterocycles. The first-order valence-corrected chi connectivity index (χ1v) is 6.18. The summed E-state index contributed by atoms with van der Waals surface area (Å²) in [6.45, 7) is 1.01. The largest absolute Gasteiger partial charge is 0.508 e. The number of aryl methyl sites for hydroxylation is 2. The van der Waals surface area contributed by atoms with Gasteiger partial charge < -0.3 is 14.8 Å². The van der Waals surface area contributed by atoms with Crippen LogP contribution in [0.15, 0.2) is 36.7 Å². The van der Waals surface area contributed by atoms with Crippen LogP contribution in [-0.4, -0.2) is 26.4 Å². The summed E-state index contributed by atoms with van der Waals surface area (Å²) in [6, 6.07) is 7.35. The van der Waals surface area contributed by atoms with Crippen LogP contribution in [0.2, 0.25) is 0 Å². The van der Waals surface area contributed by atoms with Gasteiger partial charge in [-0.05, 0) is 30.5 Å². The zero-order valence-electron chi connectivity index (χ0n) is 10.3. The van der Waals surface area contributed by atoms with E-state index < -0.39 is 0 Å². The van der Waals surface area contributed by atoms with Crippen molar-refractivity contribution < 1.29 is 10.2 Å². The molecule has 1 heterocycles. The van der Waals surface area contributed by atoms with Crippen LogP contribution >= 0.6 is 0 Å². The van der Waals surface area contributed by atoms with Crippen LogP contribution in [0.3, 0.4) is 0 Å². The monoisotopic (exact) mass is 246 g/mol. The molecule has 0 atom stereocenters. The second-order valence-corrected chi connectivity index (χ2v) is 4.28. The van der Waals surface area contributed by atoms with Gasteiger partial charge >= 0.3 is 0 Å². The molecule has 0 bridgehead atoms. The quantitative estimate of drug-likeness (QED) is 0.816. The average molecular weight is 246 g/mol. The highest BCUT2D eigenvalue weighted by atomic mass is 16.3. The van der Waals surface area contributed by atoms with Gasteiger partial charge in [0.25, 0.3) is 0 Å². The van der Waals surface area contributed by atoms with Crippen LogP contribution in [0.4, 0.5) is 0 Å². The van der Waals surface area contributed by atoms with E-state index in [9.17, 15) is 5.11 Å². The van der Waals surface area contributed by atoms with E-state index in [1.807, 2.05) is 18.3 Å². The number of aliphatic hydroxyl groups excluding tert-OH is 1. The molecule has 96 valence electrons. The zero-order chi connectivity index (χ0) is 12.8. The van der Waals surface area contributed by atoms with Crippen molar-refractivity contribution in [2.75, 3.05) is 6.61 Å². The first kappa shape index (κ1) is 12.6. The fourth-order valence-corrected chi connectivity index (χ4v) is 2.04. The smallest absolute Gasteiger partial charge is 0.115 e. The third-order valence-corrected chi connectivity index (χ3v) is 2.91. The predicted octanol–water partition coefficient (Wildman–Crippen LogP) is 1.76. The molecule has 0 unspecified atom stereocenters. The van der Waals surface area contributed by atoms with Gasteiger partial charge in [-0.25, -0.2) is 4.98 Å². The number of phenols is 1. The highest BCUT2D eigenvalue weighted by molar-refractivity contribution is 5.27. The summed E-state index contributed by atoms with van der Waals surface area (Å²) in [6.07, 6.45) is 6.20. The molecule has 0 saturated carbocycles. The number of benzene rings is 1. The molecule has 0 radical (unpaired) electrons. The lowest BCUT2D eigenvalue weighted by molar-refractivity contribution is 0.294. The Morgan fingerprint density at radius 1 is 1.22 bits per heavy atom. The van der Waals surface area contributed by atoms with Crippen molar-refractivity contribution in [2.45, 2.75) is 25.8 Å². The van der Waals surface area contributed by atoms with E-state index in [0.29, 0.717) is 12.2 Å². The van der Waals surface area contributed by atoms with Gasteiger partial charge in [0, 0.05) is 25.4 Å². The summed E-state index contributed by atoms with van der Waals surface area (Å²) in [5, 5.41) is 18.3. The Hall–Kier alpha value is -1.81. The summed E-state index contributed by atoms with van der Waals surface area (Å²) in [5.74, 6) is 1.24. The number of aromatic nitrogens is 2. The fraction of sp³-hybridized carbons (Fsp3) is 0.357. The molecule has 4 heteroatoms. The number of nitrogens with zero attached hydrogens (tertiary/aromatic N) is 2. The number of aliphatic hydroxyl groups is 1. The number of rotatable bonds is 6. The number of hydrogen-bond donors (Lipinski definition) is 2. The molecule has 2 aromatic rings. The number of hydrogen-bond acceptors (Lipinski definition) is 3. The van der Waals surface area contributed by atoms with Crippen LogP contribution < -0.4 is 0 Å². The van der Waals surface area contributed by atoms with Gasteiger partial charge in [0.2, 0.25) is 0 Å². The molecule has 0 aliphatic carbocycles. The number of phenolic OH excluding ortho intramolecular Hbond substituents is 1. The van der Waals surface area contributed by atoms with Gasteiger partial charge in [0.1, 0.15) is 11.6 Å². The van der Waals surface area contributed by atoms with E-state index in [2.05, 4.69) is 9.55 Å². The Kier molecular flexibility index (Phi) is 4.36. The molecule has 2 N–H and O–H groups in total. The van der Waals surface area contributed by atoms with Gasteiger partial charge in [0.05, 0.1) is 6.61 Å². The van der Waals surface area contributed by atoms with Crippen molar-refractivity contribution in [3.63, 3.8) is 0 Å². The molecular formula is C14H18N2O2. The minimum absolute atomic E-state index is 0.129. The SMILES string of the molecule is OCCc1nccn1CCCc1cccc(O)c1. The van der Waals surface area contributed by atoms with Crippen LogP contribution in [0, 0.1) is 0 Å². The molecule has 1 aromatic heterocycles. The highest BCUT2D eigenvalue weighted by Crippen LogP contribution is 2.13. The lowest BCUT2D eigenvalue weighted by atomic mass is 10.1. The molecule has 1 aromatic carbocycles. The second kappa shape index (κ2) is 6.21. The Morgan fingerprint density at radius 2 is 2.11 bits per heavy atom. The fourth-order valence-electron chi connectivity index (χ4n) is 2.04. The Balaban J connectivity index is 1.86. The van der Waals surface area contributed by atoms with E-state index >= 15 is 0 Å². The first-order valence-electron chi connectivity index (χ1n) is 6.18. The second-order valence-electron chi connectivity index (χ2n) is 4.28. The van der Waals surface area contributed by atoms with Gasteiger partial charge in [0.15, 0.2) is 0 Å². The van der Waals surface area contributed by atoms with Crippen molar-refractivity contribution in [1.82, 2.24) is 9.55 Å². The predicted molar refractivity (Wildman–Crippen MR) is 69.4 cm³/mol. The van der Waals surface area contributed by atoms with E-state index in [1.54, 1.807) is 18.3 Å².